The molecule has 0 fully saturated rings. The Bertz CT molecular complexity index is 416. The molecule has 0 saturated heterocycles. The fourth-order valence-corrected chi connectivity index (χ4v) is 1.87. The summed E-state index contributed by atoms with van der Waals surface area (Å²) in [5, 5.41) is 0. The molecule has 16 heavy (non-hydrogen) atoms. The van der Waals surface area contributed by atoms with Crippen LogP contribution < -0.4 is 0 Å². The molecule has 3 heteroatoms. The molecule has 0 aromatic heterocycles. The smallest absolute Gasteiger partial charge is 0.338 e. The Labute approximate surface area is 110 Å². The molecule has 0 spiro atoms. The highest BCUT2D eigenvalue weighted by Gasteiger charge is 2.20. The zero-order valence-electron chi connectivity index (χ0n) is 9.71. The highest BCUT2D eigenvalue weighted by molar-refractivity contribution is 14.1. The van der Waals surface area contributed by atoms with E-state index in [1.54, 1.807) is 0 Å². The topological polar surface area (TPSA) is 26.3 Å². The van der Waals surface area contributed by atoms with Crippen molar-refractivity contribution in [3.63, 3.8) is 0 Å². The zero-order chi connectivity index (χ0) is 12.3. The van der Waals surface area contributed by atoms with Crippen molar-refractivity contribution in [3.05, 3.63) is 40.0 Å². The molecule has 0 saturated carbocycles. The van der Waals surface area contributed by atoms with E-state index in [0.29, 0.717) is 5.57 Å². The molecule has 1 aromatic carbocycles. The first-order chi connectivity index (χ1) is 7.31. The van der Waals surface area contributed by atoms with E-state index in [1.165, 1.54) is 0 Å². The molecule has 0 N–H and O–H groups in total. The number of rotatable bonds is 2. The summed E-state index contributed by atoms with van der Waals surface area (Å²) in [5.74, 6) is -0.364. The summed E-state index contributed by atoms with van der Waals surface area (Å²) in [6.07, 6.45) is 0. The summed E-state index contributed by atoms with van der Waals surface area (Å²) in [7, 11) is 0. The van der Waals surface area contributed by atoms with E-state index in [4.69, 9.17) is 4.74 Å². The maximum atomic E-state index is 11.8. The molecule has 0 bridgehead atoms. The predicted octanol–water partition coefficient (Wildman–Crippen LogP) is 3.65. The first kappa shape index (κ1) is 13.2. The average molecular weight is 330 g/mol. The van der Waals surface area contributed by atoms with E-state index in [2.05, 4.69) is 29.2 Å². The second-order valence-corrected chi connectivity index (χ2v) is 5.62. The molecule has 0 unspecified atom stereocenters. The van der Waals surface area contributed by atoms with Crippen LogP contribution in [0.15, 0.2) is 30.8 Å². The molecule has 0 atom stereocenters. The van der Waals surface area contributed by atoms with Crippen molar-refractivity contribution in [3.8, 4) is 0 Å². The first-order valence-electron chi connectivity index (χ1n) is 4.98. The average Bonchev–Trinajstić information content (AvgIpc) is 2.15. The lowest BCUT2D eigenvalue weighted by Gasteiger charge is -2.20. The maximum Gasteiger partial charge on any atom is 0.338 e. The fraction of sp³-hybridized carbons (Fsp3) is 0.308. The van der Waals surface area contributed by atoms with Gasteiger partial charge in [-0.05, 0) is 49.4 Å². The van der Waals surface area contributed by atoms with Gasteiger partial charge in [-0.1, -0.05) is 24.8 Å². The van der Waals surface area contributed by atoms with Crippen molar-refractivity contribution in [2.45, 2.75) is 26.4 Å². The van der Waals surface area contributed by atoms with Gasteiger partial charge in [-0.2, -0.15) is 0 Å². The predicted molar refractivity (Wildman–Crippen MR) is 74.0 cm³/mol. The minimum Gasteiger partial charge on any atom is -0.456 e. The van der Waals surface area contributed by atoms with Crippen LogP contribution in [0.4, 0.5) is 0 Å². The number of esters is 1. The van der Waals surface area contributed by atoms with Crippen LogP contribution in [0.3, 0.4) is 0 Å². The van der Waals surface area contributed by atoms with E-state index in [9.17, 15) is 4.79 Å². The van der Waals surface area contributed by atoms with Crippen molar-refractivity contribution in [1.29, 1.82) is 0 Å². The molecular weight excluding hydrogens is 315 g/mol. The number of ether oxygens (including phenoxy) is 1. The Morgan fingerprint density at radius 1 is 1.31 bits per heavy atom. The van der Waals surface area contributed by atoms with Gasteiger partial charge in [0.1, 0.15) is 5.60 Å². The standard InChI is InChI=1S/C13H15IO2/c1-9(12(15)16-13(2,3)4)10-7-5-6-8-11(10)14/h5-8H,1H2,2-4H3. The van der Waals surface area contributed by atoms with E-state index in [0.717, 1.165) is 9.13 Å². The molecule has 0 aliphatic carbocycles. The zero-order valence-corrected chi connectivity index (χ0v) is 11.9. The lowest BCUT2D eigenvalue weighted by atomic mass is 10.1. The van der Waals surface area contributed by atoms with Gasteiger partial charge in [0.05, 0.1) is 5.57 Å². The number of hydrogen-bond donors (Lipinski definition) is 0. The van der Waals surface area contributed by atoms with Crippen molar-refractivity contribution < 1.29 is 9.53 Å². The third kappa shape index (κ3) is 3.63. The first-order valence-corrected chi connectivity index (χ1v) is 6.06. The summed E-state index contributed by atoms with van der Waals surface area (Å²) in [6.45, 7) is 9.31. The van der Waals surface area contributed by atoms with E-state index < -0.39 is 5.60 Å². The largest absolute Gasteiger partial charge is 0.456 e. The molecule has 0 heterocycles. The van der Waals surface area contributed by atoms with Crippen LogP contribution >= 0.6 is 22.6 Å². The molecule has 86 valence electrons. The van der Waals surface area contributed by atoms with Crippen LogP contribution in [0.2, 0.25) is 0 Å². The van der Waals surface area contributed by atoms with Crippen LogP contribution in [0, 0.1) is 3.57 Å². The van der Waals surface area contributed by atoms with Gasteiger partial charge in [-0.25, -0.2) is 4.79 Å². The Morgan fingerprint density at radius 2 is 1.88 bits per heavy atom. The van der Waals surface area contributed by atoms with Crippen LogP contribution in [0.25, 0.3) is 5.57 Å². The van der Waals surface area contributed by atoms with Crippen molar-refractivity contribution in [2.75, 3.05) is 0 Å². The minimum absolute atomic E-state index is 0.364. The van der Waals surface area contributed by atoms with Gasteiger partial charge < -0.3 is 4.74 Å². The number of carbonyl (C=O) groups excluding carboxylic acids is 1. The van der Waals surface area contributed by atoms with Gasteiger partial charge in [-0.3, -0.25) is 0 Å². The van der Waals surface area contributed by atoms with Crippen molar-refractivity contribution in [2.24, 2.45) is 0 Å². The van der Waals surface area contributed by atoms with Gasteiger partial charge in [-0.15, -0.1) is 0 Å². The van der Waals surface area contributed by atoms with Crippen LogP contribution in [0.1, 0.15) is 26.3 Å². The monoisotopic (exact) mass is 330 g/mol. The van der Waals surface area contributed by atoms with E-state index >= 15 is 0 Å². The van der Waals surface area contributed by atoms with Gasteiger partial charge in [0.25, 0.3) is 0 Å². The Morgan fingerprint density at radius 3 is 2.38 bits per heavy atom. The molecule has 2 nitrogen and oxygen atoms in total. The minimum atomic E-state index is -0.486. The fourth-order valence-electron chi connectivity index (χ4n) is 1.16. The lowest BCUT2D eigenvalue weighted by Crippen LogP contribution is -2.24. The molecule has 0 amide bonds. The van der Waals surface area contributed by atoms with E-state index in [-0.39, 0.29) is 5.97 Å². The molecular formula is C13H15IO2. The summed E-state index contributed by atoms with van der Waals surface area (Å²) in [6, 6.07) is 7.61. The van der Waals surface area contributed by atoms with Crippen LogP contribution in [-0.2, 0) is 9.53 Å². The lowest BCUT2D eigenvalue weighted by molar-refractivity contribution is -0.147. The summed E-state index contributed by atoms with van der Waals surface area (Å²) >= 11 is 2.18. The number of benzene rings is 1. The van der Waals surface area contributed by atoms with Crippen LogP contribution in [0.5, 0.6) is 0 Å². The number of hydrogen-bond acceptors (Lipinski definition) is 2. The number of carbonyl (C=O) groups is 1. The summed E-state index contributed by atoms with van der Waals surface area (Å²) in [4.78, 5) is 11.8. The Hall–Kier alpha value is -0.840. The van der Waals surface area contributed by atoms with Gasteiger partial charge >= 0.3 is 5.97 Å². The SMILES string of the molecule is C=C(C(=O)OC(C)(C)C)c1ccccc1I. The Balaban J connectivity index is 2.88. The highest BCUT2D eigenvalue weighted by atomic mass is 127. The summed E-state index contributed by atoms with van der Waals surface area (Å²) < 4.78 is 6.26. The molecule has 1 aromatic rings. The van der Waals surface area contributed by atoms with Gasteiger partial charge in [0.2, 0.25) is 0 Å². The second-order valence-electron chi connectivity index (χ2n) is 4.46. The highest BCUT2D eigenvalue weighted by Crippen LogP contribution is 2.22. The maximum absolute atomic E-state index is 11.8. The molecule has 0 aliphatic heterocycles. The normalized spacial score (nSPS) is 11.0. The second kappa shape index (κ2) is 4.99. The quantitative estimate of drug-likeness (QED) is 0.470. The molecule has 0 aliphatic rings. The molecule has 1 rings (SSSR count). The molecule has 0 radical (unpaired) electrons. The van der Waals surface area contributed by atoms with Crippen molar-refractivity contribution >= 4 is 34.1 Å². The Kier molecular flexibility index (Phi) is 4.13. The third-order valence-electron chi connectivity index (χ3n) is 1.84. The number of halogens is 1. The van der Waals surface area contributed by atoms with Crippen molar-refractivity contribution in [1.82, 2.24) is 0 Å². The van der Waals surface area contributed by atoms with Crippen LogP contribution in [-0.4, -0.2) is 11.6 Å². The third-order valence-corrected chi connectivity index (χ3v) is 2.78. The summed E-state index contributed by atoms with van der Waals surface area (Å²) in [5.41, 5.74) is 0.748. The van der Waals surface area contributed by atoms with Gasteiger partial charge in [0, 0.05) is 9.13 Å². The van der Waals surface area contributed by atoms with Gasteiger partial charge in [0.15, 0.2) is 0 Å². The van der Waals surface area contributed by atoms with E-state index in [1.807, 2.05) is 45.0 Å².